The van der Waals surface area contributed by atoms with Crippen LogP contribution in [0.3, 0.4) is 0 Å². The molecule has 1 N–H and O–H groups in total. The molecule has 100 valence electrons. The Balaban J connectivity index is 1.82. The summed E-state index contributed by atoms with van der Waals surface area (Å²) in [5.74, 6) is 0. The summed E-state index contributed by atoms with van der Waals surface area (Å²) in [6.07, 6.45) is 3.78. The number of nitrogens with zero attached hydrogens (tertiary/aromatic N) is 1. The van der Waals surface area contributed by atoms with Crippen LogP contribution in [-0.2, 0) is 6.42 Å². The standard InChI is InChI=1S/C15H23BrN2/c1-12(10-13-5-7-14(16)8-6-13)18(2)11-15-4-3-9-17-15/h5-8,12,15,17H,3-4,9-11H2,1-2H3. The summed E-state index contributed by atoms with van der Waals surface area (Å²) in [6, 6.07) is 9.96. The summed E-state index contributed by atoms with van der Waals surface area (Å²) >= 11 is 3.48. The first-order valence-electron chi connectivity index (χ1n) is 6.83. The molecule has 0 saturated carbocycles. The maximum absolute atomic E-state index is 3.57. The summed E-state index contributed by atoms with van der Waals surface area (Å²) in [4.78, 5) is 2.48. The van der Waals surface area contributed by atoms with Gasteiger partial charge in [-0.15, -0.1) is 0 Å². The van der Waals surface area contributed by atoms with Gasteiger partial charge >= 0.3 is 0 Å². The van der Waals surface area contributed by atoms with E-state index in [9.17, 15) is 0 Å². The van der Waals surface area contributed by atoms with Gasteiger partial charge in [0.25, 0.3) is 0 Å². The van der Waals surface area contributed by atoms with E-state index in [1.165, 1.54) is 24.9 Å². The van der Waals surface area contributed by atoms with E-state index in [0.29, 0.717) is 12.1 Å². The summed E-state index contributed by atoms with van der Waals surface area (Å²) in [5, 5.41) is 3.57. The molecular weight excluding hydrogens is 288 g/mol. The second-order valence-electron chi connectivity index (χ2n) is 5.41. The molecule has 0 aromatic heterocycles. The van der Waals surface area contributed by atoms with Gasteiger partial charge in [0.15, 0.2) is 0 Å². The minimum Gasteiger partial charge on any atom is -0.313 e. The first-order chi connectivity index (χ1) is 8.65. The molecule has 0 radical (unpaired) electrons. The van der Waals surface area contributed by atoms with E-state index >= 15 is 0 Å². The summed E-state index contributed by atoms with van der Waals surface area (Å²) in [6.45, 7) is 4.67. The molecule has 2 rings (SSSR count). The Kier molecular flexibility index (Phi) is 5.22. The third kappa shape index (κ3) is 4.08. The van der Waals surface area contributed by atoms with Crippen LogP contribution in [0.2, 0.25) is 0 Å². The Labute approximate surface area is 119 Å². The molecule has 0 aliphatic carbocycles. The van der Waals surface area contributed by atoms with Crippen LogP contribution in [0.15, 0.2) is 28.7 Å². The zero-order valence-electron chi connectivity index (χ0n) is 11.3. The van der Waals surface area contributed by atoms with E-state index in [1.54, 1.807) is 0 Å². The van der Waals surface area contributed by atoms with E-state index in [1.807, 2.05) is 0 Å². The fourth-order valence-corrected chi connectivity index (χ4v) is 2.82. The van der Waals surface area contributed by atoms with Crippen LogP contribution in [0.1, 0.15) is 25.3 Å². The second-order valence-corrected chi connectivity index (χ2v) is 6.33. The summed E-state index contributed by atoms with van der Waals surface area (Å²) in [5.41, 5.74) is 1.41. The molecular formula is C15H23BrN2. The molecule has 2 unspecified atom stereocenters. The van der Waals surface area contributed by atoms with Crippen LogP contribution in [0, 0.1) is 0 Å². The fraction of sp³-hybridized carbons (Fsp3) is 0.600. The zero-order valence-corrected chi connectivity index (χ0v) is 12.9. The smallest absolute Gasteiger partial charge is 0.0195 e. The molecule has 0 bridgehead atoms. The molecule has 1 aromatic carbocycles. The highest BCUT2D eigenvalue weighted by Gasteiger charge is 2.18. The van der Waals surface area contributed by atoms with Crippen molar-refractivity contribution in [3.8, 4) is 0 Å². The number of rotatable bonds is 5. The van der Waals surface area contributed by atoms with Crippen molar-refractivity contribution in [2.24, 2.45) is 0 Å². The SMILES string of the molecule is CC(Cc1ccc(Br)cc1)N(C)CC1CCCN1. The number of hydrogen-bond acceptors (Lipinski definition) is 2. The predicted octanol–water partition coefficient (Wildman–Crippen LogP) is 3.06. The molecule has 2 nitrogen and oxygen atoms in total. The fourth-order valence-electron chi connectivity index (χ4n) is 2.56. The minimum absolute atomic E-state index is 0.591. The van der Waals surface area contributed by atoms with Crippen LogP contribution in [0.5, 0.6) is 0 Å². The lowest BCUT2D eigenvalue weighted by Crippen LogP contribution is -2.40. The third-order valence-corrected chi connectivity index (χ3v) is 4.40. The lowest BCUT2D eigenvalue weighted by atomic mass is 10.1. The van der Waals surface area contributed by atoms with Crippen molar-refractivity contribution >= 4 is 15.9 Å². The zero-order chi connectivity index (χ0) is 13.0. The Morgan fingerprint density at radius 1 is 1.39 bits per heavy atom. The molecule has 0 amide bonds. The largest absolute Gasteiger partial charge is 0.313 e. The van der Waals surface area contributed by atoms with Crippen molar-refractivity contribution < 1.29 is 0 Å². The van der Waals surface area contributed by atoms with Crippen LogP contribution < -0.4 is 5.32 Å². The molecule has 2 atom stereocenters. The van der Waals surface area contributed by atoms with Crippen LogP contribution in [0.4, 0.5) is 0 Å². The van der Waals surface area contributed by atoms with Gasteiger partial charge in [-0.25, -0.2) is 0 Å². The Hall–Kier alpha value is -0.380. The molecule has 1 aromatic rings. The van der Waals surface area contributed by atoms with E-state index in [2.05, 4.69) is 64.4 Å². The van der Waals surface area contributed by atoms with Gasteiger partial charge in [0.05, 0.1) is 0 Å². The minimum atomic E-state index is 0.591. The summed E-state index contributed by atoms with van der Waals surface area (Å²) in [7, 11) is 2.24. The van der Waals surface area contributed by atoms with Gasteiger partial charge < -0.3 is 10.2 Å². The highest BCUT2D eigenvalue weighted by atomic mass is 79.9. The van der Waals surface area contributed by atoms with E-state index < -0.39 is 0 Å². The van der Waals surface area contributed by atoms with Crippen molar-refractivity contribution in [3.63, 3.8) is 0 Å². The highest BCUT2D eigenvalue weighted by molar-refractivity contribution is 9.10. The van der Waals surface area contributed by atoms with Crippen molar-refractivity contribution in [1.29, 1.82) is 0 Å². The normalized spacial score (nSPS) is 21.4. The van der Waals surface area contributed by atoms with Gasteiger partial charge in [0.2, 0.25) is 0 Å². The van der Waals surface area contributed by atoms with Gasteiger partial charge in [0, 0.05) is 23.1 Å². The average molecular weight is 311 g/mol. The maximum atomic E-state index is 3.57. The topological polar surface area (TPSA) is 15.3 Å². The highest BCUT2D eigenvalue weighted by Crippen LogP contribution is 2.14. The quantitative estimate of drug-likeness (QED) is 0.899. The number of nitrogens with one attached hydrogen (secondary N) is 1. The van der Waals surface area contributed by atoms with E-state index in [0.717, 1.165) is 17.4 Å². The molecule has 1 aliphatic rings. The van der Waals surface area contributed by atoms with Gasteiger partial charge in [0.1, 0.15) is 0 Å². The predicted molar refractivity (Wildman–Crippen MR) is 81.0 cm³/mol. The van der Waals surface area contributed by atoms with Crippen molar-refractivity contribution in [1.82, 2.24) is 10.2 Å². The average Bonchev–Trinajstić information content (AvgIpc) is 2.85. The van der Waals surface area contributed by atoms with Gasteiger partial charge in [-0.2, -0.15) is 0 Å². The lowest BCUT2D eigenvalue weighted by Gasteiger charge is -2.27. The number of halogens is 1. The molecule has 1 aliphatic heterocycles. The van der Waals surface area contributed by atoms with Crippen LogP contribution in [-0.4, -0.2) is 37.1 Å². The maximum Gasteiger partial charge on any atom is 0.0195 e. The van der Waals surface area contributed by atoms with Gasteiger partial charge in [-0.1, -0.05) is 28.1 Å². The molecule has 18 heavy (non-hydrogen) atoms. The first-order valence-corrected chi connectivity index (χ1v) is 7.62. The molecule has 1 heterocycles. The molecule has 1 saturated heterocycles. The number of hydrogen-bond donors (Lipinski definition) is 1. The van der Waals surface area contributed by atoms with E-state index in [-0.39, 0.29) is 0 Å². The second kappa shape index (κ2) is 6.69. The van der Waals surface area contributed by atoms with Gasteiger partial charge in [-0.05, 0) is 57.5 Å². The summed E-state index contributed by atoms with van der Waals surface area (Å²) < 4.78 is 1.16. The first kappa shape index (κ1) is 14.0. The number of likely N-dealkylation sites (N-methyl/N-ethyl adjacent to an activating group) is 1. The number of benzene rings is 1. The monoisotopic (exact) mass is 310 g/mol. The van der Waals surface area contributed by atoms with Crippen LogP contribution >= 0.6 is 15.9 Å². The molecule has 1 fully saturated rings. The lowest BCUT2D eigenvalue weighted by molar-refractivity contribution is 0.234. The Morgan fingerprint density at radius 3 is 2.72 bits per heavy atom. The van der Waals surface area contributed by atoms with Crippen molar-refractivity contribution in [3.05, 3.63) is 34.3 Å². The van der Waals surface area contributed by atoms with Crippen molar-refractivity contribution in [2.75, 3.05) is 20.1 Å². The van der Waals surface area contributed by atoms with Crippen molar-refractivity contribution in [2.45, 2.75) is 38.3 Å². The van der Waals surface area contributed by atoms with Gasteiger partial charge in [-0.3, -0.25) is 0 Å². The third-order valence-electron chi connectivity index (χ3n) is 3.87. The van der Waals surface area contributed by atoms with E-state index in [4.69, 9.17) is 0 Å². The Bertz CT molecular complexity index is 357. The molecule has 3 heteroatoms. The van der Waals surface area contributed by atoms with Crippen LogP contribution in [0.25, 0.3) is 0 Å². The Morgan fingerprint density at radius 2 is 2.11 bits per heavy atom. The molecule has 0 spiro atoms.